The molecule has 1 aromatic heterocycles. The van der Waals surface area contributed by atoms with E-state index < -0.39 is 11.2 Å². The van der Waals surface area contributed by atoms with E-state index in [1.807, 2.05) is 24.3 Å². The van der Waals surface area contributed by atoms with Gasteiger partial charge >= 0.3 is 5.69 Å². The normalized spacial score (nSPS) is 13.4. The van der Waals surface area contributed by atoms with Crippen molar-refractivity contribution in [2.75, 3.05) is 25.4 Å². The van der Waals surface area contributed by atoms with Crippen molar-refractivity contribution in [3.8, 4) is 5.75 Å². The fourth-order valence-corrected chi connectivity index (χ4v) is 4.73. The van der Waals surface area contributed by atoms with Crippen molar-refractivity contribution in [1.29, 1.82) is 0 Å². The van der Waals surface area contributed by atoms with Crippen molar-refractivity contribution >= 4 is 51.0 Å². The number of H-pyrrole nitrogens is 1. The molecule has 31 heavy (non-hydrogen) atoms. The molecule has 7 nitrogen and oxygen atoms in total. The Morgan fingerprint density at radius 1 is 1.23 bits per heavy atom. The second kappa shape index (κ2) is 9.80. The molecule has 10 heteroatoms. The maximum atomic E-state index is 12.4. The fourth-order valence-electron chi connectivity index (χ4n) is 3.40. The summed E-state index contributed by atoms with van der Waals surface area (Å²) in [5.41, 5.74) is 0.360. The number of aromatic nitrogens is 2. The van der Waals surface area contributed by atoms with Gasteiger partial charge in [0.15, 0.2) is 5.17 Å². The topological polar surface area (TPSA) is 88.5 Å². The number of amidine groups is 1. The quantitative estimate of drug-likeness (QED) is 0.543. The zero-order valence-electron chi connectivity index (χ0n) is 16.5. The molecule has 0 radical (unpaired) electrons. The number of halogens is 2. The first-order valence-corrected chi connectivity index (χ1v) is 11.5. The van der Waals surface area contributed by atoms with Gasteiger partial charge in [-0.15, -0.1) is 0 Å². The Bertz CT molecular complexity index is 1260. The molecule has 0 unspecified atom stereocenters. The van der Waals surface area contributed by atoms with Crippen LogP contribution in [0.25, 0.3) is 10.9 Å². The molecule has 2 heterocycles. The van der Waals surface area contributed by atoms with Crippen LogP contribution in [0.15, 0.2) is 51.0 Å². The number of nitrogens with zero attached hydrogens (tertiary/aromatic N) is 2. The summed E-state index contributed by atoms with van der Waals surface area (Å²) in [5, 5.41) is 5.09. The molecule has 0 spiro atoms. The van der Waals surface area contributed by atoms with Crippen molar-refractivity contribution in [3.63, 3.8) is 0 Å². The first-order chi connectivity index (χ1) is 15.0. The molecule has 2 aromatic carbocycles. The van der Waals surface area contributed by atoms with E-state index in [0.717, 1.165) is 41.7 Å². The number of para-hydroxylation sites is 1. The first kappa shape index (κ1) is 21.8. The van der Waals surface area contributed by atoms with Crippen LogP contribution < -0.4 is 21.3 Å². The Labute approximate surface area is 192 Å². The number of nitrogens with one attached hydrogen (secondary N) is 2. The van der Waals surface area contributed by atoms with Crippen molar-refractivity contribution in [1.82, 2.24) is 14.9 Å². The first-order valence-electron chi connectivity index (χ1n) is 9.76. The lowest BCUT2D eigenvalue weighted by molar-refractivity contribution is 0.295. The van der Waals surface area contributed by atoms with Gasteiger partial charge < -0.3 is 10.1 Å². The summed E-state index contributed by atoms with van der Waals surface area (Å²) in [5.74, 6) is 1.78. The fraction of sp³-hybridized carbons (Fsp3) is 0.286. The zero-order chi connectivity index (χ0) is 21.8. The Morgan fingerprint density at radius 2 is 2.06 bits per heavy atom. The summed E-state index contributed by atoms with van der Waals surface area (Å²) < 4.78 is 7.39. The Balaban J connectivity index is 1.47. The second-order valence-electron chi connectivity index (χ2n) is 6.86. The highest BCUT2D eigenvalue weighted by Gasteiger charge is 2.13. The second-order valence-corrected chi connectivity index (χ2v) is 8.79. The average Bonchev–Trinajstić information content (AvgIpc) is 3.24. The molecule has 4 rings (SSSR count). The van der Waals surface area contributed by atoms with Crippen molar-refractivity contribution in [3.05, 3.63) is 72.8 Å². The average molecular weight is 479 g/mol. The van der Waals surface area contributed by atoms with Crippen LogP contribution in [-0.4, -0.2) is 40.2 Å². The van der Waals surface area contributed by atoms with Crippen LogP contribution >= 0.6 is 35.0 Å². The van der Waals surface area contributed by atoms with Gasteiger partial charge in [-0.1, -0.05) is 53.2 Å². The van der Waals surface area contributed by atoms with Gasteiger partial charge in [-0.05, 0) is 30.2 Å². The lowest BCUT2D eigenvalue weighted by Crippen LogP contribution is -2.32. The number of fused-ring (bicyclic) bond motifs is 1. The Hall–Kier alpha value is -2.42. The van der Waals surface area contributed by atoms with Gasteiger partial charge in [0, 0.05) is 17.3 Å². The maximum Gasteiger partial charge on any atom is 0.328 e. The van der Waals surface area contributed by atoms with Gasteiger partial charge in [-0.25, -0.2) is 4.79 Å². The molecule has 162 valence electrons. The highest BCUT2D eigenvalue weighted by molar-refractivity contribution is 8.14. The molecule has 1 aliphatic heterocycles. The smallest absolute Gasteiger partial charge is 0.328 e. The Morgan fingerprint density at radius 3 is 2.87 bits per heavy atom. The SMILES string of the molecule is O=c1[nH]c(=O)n(CCOc2ccccc2CCNC2=NCCS2)c2cc(Cl)cc(Cl)c12. The Kier molecular flexibility index (Phi) is 6.89. The van der Waals surface area contributed by atoms with Crippen LogP contribution in [0.4, 0.5) is 0 Å². The number of ether oxygens (including phenoxy) is 1. The summed E-state index contributed by atoms with van der Waals surface area (Å²) in [6, 6.07) is 10.8. The molecule has 0 atom stereocenters. The van der Waals surface area contributed by atoms with Gasteiger partial charge in [-0.3, -0.25) is 19.3 Å². The number of benzene rings is 2. The molecule has 0 saturated heterocycles. The molecule has 0 aliphatic carbocycles. The predicted molar refractivity (Wildman–Crippen MR) is 127 cm³/mol. The van der Waals surface area contributed by atoms with E-state index >= 15 is 0 Å². The van der Waals surface area contributed by atoms with E-state index in [9.17, 15) is 9.59 Å². The van der Waals surface area contributed by atoms with Crippen molar-refractivity contribution in [2.24, 2.45) is 4.99 Å². The highest BCUT2D eigenvalue weighted by Crippen LogP contribution is 2.24. The zero-order valence-corrected chi connectivity index (χ0v) is 18.8. The number of hydrogen-bond acceptors (Lipinski definition) is 6. The highest BCUT2D eigenvalue weighted by atomic mass is 35.5. The molecule has 1 aliphatic rings. The molecule has 0 bridgehead atoms. The number of aromatic amines is 1. The summed E-state index contributed by atoms with van der Waals surface area (Å²) in [7, 11) is 0. The number of thioether (sulfide) groups is 1. The molecule has 0 fully saturated rings. The number of aliphatic imine (C=N–C) groups is 1. The number of rotatable bonds is 7. The molecular weight excluding hydrogens is 459 g/mol. The van der Waals surface area contributed by atoms with Crippen LogP contribution in [0.1, 0.15) is 5.56 Å². The van der Waals surface area contributed by atoms with Crippen LogP contribution in [0.2, 0.25) is 10.0 Å². The van der Waals surface area contributed by atoms with Crippen LogP contribution in [0, 0.1) is 0 Å². The molecule has 2 N–H and O–H groups in total. The van der Waals surface area contributed by atoms with Crippen LogP contribution in [0.5, 0.6) is 5.75 Å². The van der Waals surface area contributed by atoms with Crippen LogP contribution in [0.3, 0.4) is 0 Å². The molecule has 0 saturated carbocycles. The van der Waals surface area contributed by atoms with E-state index in [2.05, 4.69) is 15.3 Å². The molecule has 0 amide bonds. The molecular formula is C21H20Cl2N4O3S. The predicted octanol–water partition coefficient (Wildman–Crippen LogP) is 3.31. The van der Waals surface area contributed by atoms with Gasteiger partial charge in [0.25, 0.3) is 5.56 Å². The minimum Gasteiger partial charge on any atom is -0.491 e. The largest absolute Gasteiger partial charge is 0.491 e. The van der Waals surface area contributed by atoms with E-state index in [1.165, 1.54) is 10.6 Å². The minimum atomic E-state index is -0.540. The lowest BCUT2D eigenvalue weighted by atomic mass is 10.1. The van der Waals surface area contributed by atoms with E-state index in [1.54, 1.807) is 17.8 Å². The third-order valence-corrected chi connectivity index (χ3v) is 6.27. The molecule has 3 aromatic rings. The van der Waals surface area contributed by atoms with E-state index in [4.69, 9.17) is 27.9 Å². The van der Waals surface area contributed by atoms with Gasteiger partial charge in [0.1, 0.15) is 12.4 Å². The summed E-state index contributed by atoms with van der Waals surface area (Å²) in [4.78, 5) is 31.3. The van der Waals surface area contributed by atoms with Crippen LogP contribution in [-0.2, 0) is 13.0 Å². The monoisotopic (exact) mass is 478 g/mol. The summed E-state index contributed by atoms with van der Waals surface area (Å²) in [6.07, 6.45) is 0.780. The van der Waals surface area contributed by atoms with Crippen molar-refractivity contribution < 1.29 is 4.74 Å². The van der Waals surface area contributed by atoms with E-state index in [0.29, 0.717) is 10.5 Å². The van der Waals surface area contributed by atoms with Gasteiger partial charge in [-0.2, -0.15) is 0 Å². The van der Waals surface area contributed by atoms with E-state index in [-0.39, 0.29) is 23.6 Å². The summed E-state index contributed by atoms with van der Waals surface area (Å²) in [6.45, 7) is 2.08. The van der Waals surface area contributed by atoms with Gasteiger partial charge in [0.05, 0.1) is 29.0 Å². The van der Waals surface area contributed by atoms with Crippen molar-refractivity contribution in [2.45, 2.75) is 13.0 Å². The third kappa shape index (κ3) is 5.08. The third-order valence-electron chi connectivity index (χ3n) is 4.82. The maximum absolute atomic E-state index is 12.4. The lowest BCUT2D eigenvalue weighted by Gasteiger charge is -2.14. The number of hydrogen-bond donors (Lipinski definition) is 2. The standard InChI is InChI=1S/C21H20Cl2N4O3S/c22-14-11-15(23)18-16(12-14)27(21(29)26-19(18)28)8-9-30-17-4-2-1-3-13(17)5-6-24-20-25-7-10-31-20/h1-4,11-12H,5-10H2,(H,24,25)(H,26,28,29). The van der Waals surface area contributed by atoms with Gasteiger partial charge in [0.2, 0.25) is 0 Å². The summed E-state index contributed by atoms with van der Waals surface area (Å²) >= 11 is 14.0. The minimum absolute atomic E-state index is 0.196.